The van der Waals surface area contributed by atoms with E-state index in [1.807, 2.05) is 6.07 Å². The van der Waals surface area contributed by atoms with Gasteiger partial charge in [-0.25, -0.2) is 9.97 Å². The first kappa shape index (κ1) is 19.2. The molecule has 4 N–H and O–H groups in total. The van der Waals surface area contributed by atoms with Crippen molar-refractivity contribution in [3.05, 3.63) is 41.7 Å². The molecule has 1 aromatic carbocycles. The molecule has 2 heterocycles. The molecular formula is C20H19F3N6. The molecule has 0 aliphatic heterocycles. The van der Waals surface area contributed by atoms with Gasteiger partial charge in [-0.05, 0) is 25.0 Å². The molecule has 0 unspecified atom stereocenters. The predicted molar refractivity (Wildman–Crippen MR) is 103 cm³/mol. The summed E-state index contributed by atoms with van der Waals surface area (Å²) in [5.74, 6) is 0.123. The van der Waals surface area contributed by atoms with Gasteiger partial charge in [0.05, 0.1) is 17.3 Å². The quantitative estimate of drug-likeness (QED) is 0.611. The summed E-state index contributed by atoms with van der Waals surface area (Å²) in [6, 6.07) is 6.62. The van der Waals surface area contributed by atoms with Crippen molar-refractivity contribution >= 4 is 16.9 Å². The number of hydrogen-bond donors (Lipinski definition) is 3. The Hall–Kier alpha value is -3.12. The molecule has 2 aromatic heterocycles. The van der Waals surface area contributed by atoms with Crippen LogP contribution < -0.4 is 11.1 Å². The molecule has 29 heavy (non-hydrogen) atoms. The van der Waals surface area contributed by atoms with Crippen LogP contribution in [-0.4, -0.2) is 27.0 Å². The monoisotopic (exact) mass is 400 g/mol. The topological polar surface area (TPSA) is 103 Å². The summed E-state index contributed by atoms with van der Waals surface area (Å²) in [6.45, 7) is 0. The van der Waals surface area contributed by atoms with Gasteiger partial charge in [0.1, 0.15) is 5.56 Å². The number of nitrogens with zero attached hydrogens (tertiary/aromatic N) is 3. The normalized spacial score (nSPS) is 19.8. The maximum absolute atomic E-state index is 13.6. The van der Waals surface area contributed by atoms with Crippen LogP contribution in [0.25, 0.3) is 22.2 Å². The zero-order valence-corrected chi connectivity index (χ0v) is 15.4. The van der Waals surface area contributed by atoms with E-state index in [0.29, 0.717) is 22.0 Å². The van der Waals surface area contributed by atoms with Gasteiger partial charge in [-0.3, -0.25) is 0 Å². The highest BCUT2D eigenvalue weighted by atomic mass is 19.4. The molecule has 0 radical (unpaired) electrons. The zero-order valence-electron chi connectivity index (χ0n) is 15.4. The average Bonchev–Trinajstić information content (AvgIpc) is 3.12. The number of nitriles is 1. The molecule has 0 bridgehead atoms. The molecule has 0 spiro atoms. The Kier molecular flexibility index (Phi) is 4.88. The first-order valence-electron chi connectivity index (χ1n) is 9.35. The summed E-state index contributed by atoms with van der Waals surface area (Å²) in [5, 5.41) is 12.7. The van der Waals surface area contributed by atoms with E-state index in [4.69, 9.17) is 11.0 Å². The minimum atomic E-state index is -4.61. The van der Waals surface area contributed by atoms with Gasteiger partial charge in [0.2, 0.25) is 5.95 Å². The number of H-pyrrole nitrogens is 1. The standard InChI is InChI=1S/C20H19F3N6/c21-20(22,23)14-10-27-19(28-16-4-2-1-3-15(16)25)29-18(14)13-9-26-17-7-11(8-24)5-6-12(13)17/h5-7,9-10,15-16,26H,1-4,25H2,(H,27,28,29)/t15-,16-/m0/s1. The first-order valence-corrected chi connectivity index (χ1v) is 9.35. The van der Waals surface area contributed by atoms with Crippen LogP contribution in [-0.2, 0) is 6.18 Å². The number of benzene rings is 1. The van der Waals surface area contributed by atoms with Crippen molar-refractivity contribution < 1.29 is 13.2 Å². The Morgan fingerprint density at radius 3 is 2.76 bits per heavy atom. The van der Waals surface area contributed by atoms with Crippen molar-refractivity contribution in [2.24, 2.45) is 5.73 Å². The molecule has 0 amide bonds. The highest BCUT2D eigenvalue weighted by Gasteiger charge is 2.36. The summed E-state index contributed by atoms with van der Waals surface area (Å²) in [6.07, 6.45) is 1.40. The smallest absolute Gasteiger partial charge is 0.360 e. The fourth-order valence-corrected chi connectivity index (χ4v) is 3.76. The van der Waals surface area contributed by atoms with Crippen molar-refractivity contribution in [3.63, 3.8) is 0 Å². The van der Waals surface area contributed by atoms with Crippen molar-refractivity contribution in [1.82, 2.24) is 15.0 Å². The van der Waals surface area contributed by atoms with E-state index in [1.54, 1.807) is 18.2 Å². The molecular weight excluding hydrogens is 381 g/mol. The molecule has 1 fully saturated rings. The number of hydrogen-bond acceptors (Lipinski definition) is 5. The van der Waals surface area contributed by atoms with Crippen LogP contribution in [0.5, 0.6) is 0 Å². The van der Waals surface area contributed by atoms with E-state index >= 15 is 0 Å². The maximum Gasteiger partial charge on any atom is 0.419 e. The van der Waals surface area contributed by atoms with Gasteiger partial charge < -0.3 is 16.0 Å². The molecule has 4 rings (SSSR count). The van der Waals surface area contributed by atoms with Crippen molar-refractivity contribution in [3.8, 4) is 17.3 Å². The number of nitrogens with two attached hydrogens (primary N) is 1. The molecule has 0 saturated heterocycles. The third kappa shape index (κ3) is 3.76. The third-order valence-corrected chi connectivity index (χ3v) is 5.29. The van der Waals surface area contributed by atoms with Gasteiger partial charge in [-0.15, -0.1) is 0 Å². The first-order chi connectivity index (χ1) is 13.9. The molecule has 150 valence electrons. The van der Waals surface area contributed by atoms with Crippen LogP contribution >= 0.6 is 0 Å². The van der Waals surface area contributed by atoms with Gasteiger partial charge in [-0.2, -0.15) is 18.4 Å². The van der Waals surface area contributed by atoms with Crippen molar-refractivity contribution in [2.75, 3.05) is 5.32 Å². The molecule has 9 heteroatoms. The summed E-state index contributed by atoms with van der Waals surface area (Å²) < 4.78 is 40.9. The van der Waals surface area contributed by atoms with Crippen LogP contribution in [0.4, 0.5) is 19.1 Å². The van der Waals surface area contributed by atoms with Gasteiger partial charge in [-0.1, -0.05) is 18.9 Å². The van der Waals surface area contributed by atoms with E-state index in [9.17, 15) is 13.2 Å². The van der Waals surface area contributed by atoms with Gasteiger partial charge in [0.15, 0.2) is 0 Å². The Morgan fingerprint density at radius 1 is 1.24 bits per heavy atom. The SMILES string of the molecule is N#Cc1ccc2c(-c3nc(N[C@H]4CCCC[C@@H]4N)ncc3C(F)(F)F)c[nH]c2c1. The summed E-state index contributed by atoms with van der Waals surface area (Å²) in [5.41, 5.74) is 6.28. The fraction of sp³-hybridized carbons (Fsp3) is 0.350. The lowest BCUT2D eigenvalue weighted by atomic mass is 9.91. The largest absolute Gasteiger partial charge is 0.419 e. The Bertz CT molecular complexity index is 1080. The molecule has 2 atom stereocenters. The summed E-state index contributed by atoms with van der Waals surface area (Å²) in [7, 11) is 0. The van der Waals surface area contributed by atoms with Gasteiger partial charge >= 0.3 is 6.18 Å². The second-order valence-electron chi connectivity index (χ2n) is 7.23. The second-order valence-corrected chi connectivity index (χ2v) is 7.23. The lowest BCUT2D eigenvalue weighted by Crippen LogP contribution is -2.43. The number of halogens is 3. The van der Waals surface area contributed by atoms with Crippen LogP contribution in [0.1, 0.15) is 36.8 Å². The number of nitrogens with one attached hydrogen (secondary N) is 2. The van der Waals surface area contributed by atoms with Crippen molar-refractivity contribution in [1.29, 1.82) is 5.26 Å². The van der Waals surface area contributed by atoms with E-state index in [2.05, 4.69) is 20.3 Å². The van der Waals surface area contributed by atoms with E-state index in [1.165, 1.54) is 6.20 Å². The Morgan fingerprint density at radius 2 is 2.03 bits per heavy atom. The zero-order chi connectivity index (χ0) is 20.6. The third-order valence-electron chi connectivity index (χ3n) is 5.29. The molecule has 1 aliphatic carbocycles. The van der Waals surface area contributed by atoms with Crippen LogP contribution in [0.3, 0.4) is 0 Å². The highest BCUT2D eigenvalue weighted by Crippen LogP contribution is 2.39. The minimum absolute atomic E-state index is 0.0745. The second kappa shape index (κ2) is 7.37. The Balaban J connectivity index is 1.79. The van der Waals surface area contributed by atoms with Crippen molar-refractivity contribution in [2.45, 2.75) is 43.9 Å². The van der Waals surface area contributed by atoms with Crippen LogP contribution in [0, 0.1) is 11.3 Å². The molecule has 6 nitrogen and oxygen atoms in total. The van der Waals surface area contributed by atoms with Crippen LogP contribution in [0.2, 0.25) is 0 Å². The minimum Gasteiger partial charge on any atom is -0.360 e. The number of alkyl halides is 3. The fourth-order valence-electron chi connectivity index (χ4n) is 3.76. The number of fused-ring (bicyclic) bond motifs is 1. The van der Waals surface area contributed by atoms with Gasteiger partial charge in [0.25, 0.3) is 0 Å². The van der Waals surface area contributed by atoms with Gasteiger partial charge in [0, 0.05) is 40.9 Å². The highest BCUT2D eigenvalue weighted by molar-refractivity contribution is 5.96. The molecule has 1 saturated carbocycles. The molecule has 1 aliphatic rings. The van der Waals surface area contributed by atoms with Crippen LogP contribution in [0.15, 0.2) is 30.6 Å². The number of aromatic amines is 1. The maximum atomic E-state index is 13.6. The lowest BCUT2D eigenvalue weighted by Gasteiger charge is -2.29. The number of aromatic nitrogens is 3. The van der Waals surface area contributed by atoms with E-state index < -0.39 is 11.7 Å². The number of rotatable bonds is 3. The number of anilines is 1. The summed E-state index contributed by atoms with van der Waals surface area (Å²) in [4.78, 5) is 11.0. The van der Waals surface area contributed by atoms with E-state index in [0.717, 1.165) is 31.9 Å². The summed E-state index contributed by atoms with van der Waals surface area (Å²) >= 11 is 0. The predicted octanol–water partition coefficient (Wildman–Crippen LogP) is 4.20. The molecule has 3 aromatic rings. The lowest BCUT2D eigenvalue weighted by molar-refractivity contribution is -0.137. The average molecular weight is 400 g/mol. The van der Waals surface area contributed by atoms with E-state index in [-0.39, 0.29) is 23.7 Å². The Labute approximate surface area is 165 Å².